The van der Waals surface area contributed by atoms with Gasteiger partial charge in [0.2, 0.25) is 6.54 Å². The Hall–Kier alpha value is 0.0300. The molecule has 0 bridgehead atoms. The number of thioether (sulfide) groups is 1. The molecular weight excluding hydrogens is 310 g/mol. The van der Waals surface area contributed by atoms with Crippen molar-refractivity contribution in [2.45, 2.75) is 15.9 Å². The zero-order valence-electron chi connectivity index (χ0n) is 13.4. The van der Waals surface area contributed by atoms with Crippen molar-refractivity contribution in [2.24, 2.45) is 0 Å². The summed E-state index contributed by atoms with van der Waals surface area (Å²) in [5, 5.41) is 0. The standard InChI is InChI=1S/C8H15NO2S.C6H12O2S/c1-9-5-4-8(12,6-10-2)7-11-3;1-7-3-6(4-8-2)5-9-6/h12H,4-7H2,2-3H3;3-5H2,1-2H3. The fourth-order valence-corrected chi connectivity index (χ4v) is 2.96. The molecule has 5 nitrogen and oxygen atoms in total. The number of thiol groups is 1. The average Bonchev–Trinajstić information content (AvgIpc) is 3.18. The van der Waals surface area contributed by atoms with E-state index < -0.39 is 0 Å². The van der Waals surface area contributed by atoms with Crippen molar-refractivity contribution in [3.63, 3.8) is 0 Å². The predicted octanol–water partition coefficient (Wildman–Crippen LogP) is 2.02. The van der Waals surface area contributed by atoms with Crippen LogP contribution >= 0.6 is 24.4 Å². The van der Waals surface area contributed by atoms with Gasteiger partial charge in [-0.1, -0.05) is 0 Å². The van der Waals surface area contributed by atoms with Crippen LogP contribution in [0.2, 0.25) is 0 Å². The minimum Gasteiger partial charge on any atom is -0.383 e. The predicted molar refractivity (Wildman–Crippen MR) is 90.5 cm³/mol. The molecule has 1 heterocycles. The number of rotatable bonds is 10. The Kier molecular flexibility index (Phi) is 11.6. The van der Waals surface area contributed by atoms with Crippen LogP contribution < -0.4 is 0 Å². The molecule has 1 aliphatic rings. The van der Waals surface area contributed by atoms with Gasteiger partial charge in [0, 0.05) is 40.6 Å². The first-order valence-electron chi connectivity index (χ1n) is 6.67. The Morgan fingerprint density at radius 3 is 1.86 bits per heavy atom. The van der Waals surface area contributed by atoms with Crippen LogP contribution in [0, 0.1) is 6.57 Å². The van der Waals surface area contributed by atoms with Gasteiger partial charge in [-0.05, 0) is 0 Å². The zero-order chi connectivity index (χ0) is 16.2. The molecule has 0 saturated carbocycles. The molecule has 0 N–H and O–H groups in total. The third-order valence-electron chi connectivity index (χ3n) is 2.88. The van der Waals surface area contributed by atoms with Crippen molar-refractivity contribution < 1.29 is 18.9 Å². The van der Waals surface area contributed by atoms with Crippen LogP contribution in [-0.4, -0.2) is 76.7 Å². The van der Waals surface area contributed by atoms with Gasteiger partial charge in [-0.25, -0.2) is 6.57 Å². The summed E-state index contributed by atoms with van der Waals surface area (Å²) in [6.07, 6.45) is 0.696. The van der Waals surface area contributed by atoms with Crippen molar-refractivity contribution in [1.82, 2.24) is 0 Å². The number of nitrogens with zero attached hydrogens (tertiary/aromatic N) is 1. The highest BCUT2D eigenvalue weighted by Gasteiger charge is 2.44. The maximum Gasteiger partial charge on any atom is 0.216 e. The lowest BCUT2D eigenvalue weighted by atomic mass is 10.1. The minimum atomic E-state index is -0.311. The lowest BCUT2D eigenvalue weighted by Crippen LogP contribution is -2.33. The van der Waals surface area contributed by atoms with Gasteiger partial charge in [0.15, 0.2) is 0 Å². The fraction of sp³-hybridized carbons (Fsp3) is 0.929. The maximum atomic E-state index is 6.66. The summed E-state index contributed by atoms with van der Waals surface area (Å²) in [7, 11) is 6.71. The zero-order valence-corrected chi connectivity index (χ0v) is 15.1. The molecule has 0 aromatic carbocycles. The Morgan fingerprint density at radius 1 is 1.10 bits per heavy atom. The number of methoxy groups -OCH3 is 4. The maximum absolute atomic E-state index is 6.66. The first-order chi connectivity index (χ1) is 10.0. The SMILES string of the molecule is COCC1(COC)CS1.[C-]#[N+]CCC(S)(COC)COC. The molecule has 0 atom stereocenters. The normalized spacial score (nSPS) is 15.8. The van der Waals surface area contributed by atoms with Crippen LogP contribution in [0.25, 0.3) is 4.85 Å². The quantitative estimate of drug-likeness (QED) is 0.375. The molecule has 0 aromatic rings. The first kappa shape index (κ1) is 21.0. The van der Waals surface area contributed by atoms with Gasteiger partial charge in [0.1, 0.15) is 0 Å². The monoisotopic (exact) mass is 337 g/mol. The molecule has 0 unspecified atom stereocenters. The van der Waals surface area contributed by atoms with E-state index in [0.29, 0.717) is 30.9 Å². The van der Waals surface area contributed by atoms with Gasteiger partial charge in [-0.15, -0.1) is 11.8 Å². The van der Waals surface area contributed by atoms with Crippen LogP contribution in [0.4, 0.5) is 0 Å². The van der Waals surface area contributed by atoms with Crippen LogP contribution in [0.5, 0.6) is 0 Å². The average molecular weight is 338 g/mol. The van der Waals surface area contributed by atoms with E-state index in [-0.39, 0.29) is 4.75 Å². The molecule has 7 heteroatoms. The highest BCUT2D eigenvalue weighted by molar-refractivity contribution is 8.08. The second kappa shape index (κ2) is 11.6. The van der Waals surface area contributed by atoms with E-state index in [0.717, 1.165) is 13.2 Å². The molecule has 0 aliphatic carbocycles. The van der Waals surface area contributed by atoms with Crippen molar-refractivity contribution >= 4 is 24.4 Å². The van der Waals surface area contributed by atoms with E-state index in [1.165, 1.54) is 5.75 Å². The fourth-order valence-electron chi connectivity index (χ4n) is 1.82. The topological polar surface area (TPSA) is 41.3 Å². The summed E-state index contributed by atoms with van der Waals surface area (Å²) in [4.78, 5) is 3.28. The summed E-state index contributed by atoms with van der Waals surface area (Å²) in [5.74, 6) is 1.19. The molecule has 124 valence electrons. The third kappa shape index (κ3) is 9.61. The van der Waals surface area contributed by atoms with Gasteiger partial charge < -0.3 is 23.8 Å². The van der Waals surface area contributed by atoms with E-state index in [2.05, 4.69) is 17.5 Å². The van der Waals surface area contributed by atoms with Crippen molar-refractivity contribution in [2.75, 3.05) is 67.2 Å². The summed E-state index contributed by atoms with van der Waals surface area (Å²) < 4.78 is 20.0. The number of hydrogen-bond donors (Lipinski definition) is 1. The summed E-state index contributed by atoms with van der Waals surface area (Å²) in [5.41, 5.74) is 0. The second-order valence-electron chi connectivity index (χ2n) is 5.06. The molecule has 1 rings (SSSR count). The molecular formula is C14H27NO4S2. The minimum absolute atomic E-state index is 0.311. The lowest BCUT2D eigenvalue weighted by Gasteiger charge is -2.24. The van der Waals surface area contributed by atoms with E-state index in [1.54, 1.807) is 28.4 Å². The van der Waals surface area contributed by atoms with E-state index >= 15 is 0 Å². The summed E-state index contributed by atoms with van der Waals surface area (Å²) in [6, 6.07) is 0. The first-order valence-corrected chi connectivity index (χ1v) is 8.10. The summed E-state index contributed by atoms with van der Waals surface area (Å²) >= 11 is 6.33. The second-order valence-corrected chi connectivity index (χ2v) is 7.45. The van der Waals surface area contributed by atoms with Crippen molar-refractivity contribution in [3.8, 4) is 0 Å². The Morgan fingerprint density at radius 2 is 1.57 bits per heavy atom. The van der Waals surface area contributed by atoms with Gasteiger partial charge >= 0.3 is 0 Å². The molecule has 1 fully saturated rings. The molecule has 21 heavy (non-hydrogen) atoms. The highest BCUT2D eigenvalue weighted by atomic mass is 32.2. The largest absolute Gasteiger partial charge is 0.383 e. The third-order valence-corrected chi connectivity index (χ3v) is 4.71. The molecule has 1 saturated heterocycles. The van der Waals surface area contributed by atoms with Gasteiger partial charge in [0.25, 0.3) is 0 Å². The molecule has 0 radical (unpaired) electrons. The molecule has 1 aliphatic heterocycles. The van der Waals surface area contributed by atoms with Gasteiger partial charge in [-0.3, -0.25) is 0 Å². The van der Waals surface area contributed by atoms with E-state index in [4.69, 9.17) is 25.5 Å². The molecule has 0 amide bonds. The van der Waals surface area contributed by atoms with E-state index in [9.17, 15) is 0 Å². The van der Waals surface area contributed by atoms with Crippen LogP contribution in [0.15, 0.2) is 0 Å². The highest BCUT2D eigenvalue weighted by Crippen LogP contribution is 2.44. The van der Waals surface area contributed by atoms with Crippen LogP contribution in [-0.2, 0) is 18.9 Å². The molecule has 0 aromatic heterocycles. The Bertz CT molecular complexity index is 292. The van der Waals surface area contributed by atoms with Crippen molar-refractivity contribution in [3.05, 3.63) is 11.4 Å². The number of hydrogen-bond acceptors (Lipinski definition) is 6. The van der Waals surface area contributed by atoms with Crippen LogP contribution in [0.3, 0.4) is 0 Å². The molecule has 0 spiro atoms. The van der Waals surface area contributed by atoms with Crippen molar-refractivity contribution in [1.29, 1.82) is 0 Å². The van der Waals surface area contributed by atoms with E-state index in [1.807, 2.05) is 11.8 Å². The van der Waals surface area contributed by atoms with Crippen LogP contribution in [0.1, 0.15) is 6.42 Å². The Balaban J connectivity index is 0.000000394. The lowest BCUT2D eigenvalue weighted by molar-refractivity contribution is 0.102. The smallest absolute Gasteiger partial charge is 0.216 e. The Labute approximate surface area is 138 Å². The van der Waals surface area contributed by atoms with Gasteiger partial charge in [0.05, 0.1) is 35.9 Å². The number of ether oxygens (including phenoxy) is 4. The van der Waals surface area contributed by atoms with Gasteiger partial charge in [-0.2, -0.15) is 12.6 Å². The summed E-state index contributed by atoms with van der Waals surface area (Å²) in [6.45, 7) is 9.80.